The molecule has 4 heteroatoms. The van der Waals surface area contributed by atoms with Gasteiger partial charge in [-0.05, 0) is 30.7 Å². The van der Waals surface area contributed by atoms with Gasteiger partial charge >= 0.3 is 0 Å². The van der Waals surface area contributed by atoms with Crippen LogP contribution in [0.4, 0.5) is 4.39 Å². The molecular formula is C11H10ClFN2. The Morgan fingerprint density at radius 2 is 2.20 bits per heavy atom. The summed E-state index contributed by atoms with van der Waals surface area (Å²) in [5.74, 6) is -0.392. The van der Waals surface area contributed by atoms with E-state index in [1.165, 1.54) is 6.07 Å². The number of hydrogen-bond acceptors (Lipinski definition) is 1. The molecule has 0 unspecified atom stereocenters. The van der Waals surface area contributed by atoms with Gasteiger partial charge in [0.1, 0.15) is 5.82 Å². The molecule has 0 bridgehead atoms. The number of aromatic nitrogens is 2. The van der Waals surface area contributed by atoms with E-state index >= 15 is 0 Å². The fourth-order valence-electron chi connectivity index (χ4n) is 1.38. The second-order valence-corrected chi connectivity index (χ2v) is 3.81. The van der Waals surface area contributed by atoms with Gasteiger partial charge in [0, 0.05) is 6.20 Å². The van der Waals surface area contributed by atoms with Crippen molar-refractivity contribution >= 4 is 11.6 Å². The zero-order valence-corrected chi connectivity index (χ0v) is 9.00. The molecule has 0 radical (unpaired) electrons. The van der Waals surface area contributed by atoms with E-state index in [1.807, 2.05) is 19.2 Å². The van der Waals surface area contributed by atoms with Crippen LogP contribution in [0.2, 0.25) is 5.02 Å². The van der Waals surface area contributed by atoms with Crippen LogP contribution in [0.5, 0.6) is 0 Å². The third-order valence-electron chi connectivity index (χ3n) is 2.10. The Morgan fingerprint density at radius 3 is 2.80 bits per heavy atom. The predicted molar refractivity (Wildman–Crippen MR) is 57.5 cm³/mol. The average Bonchev–Trinajstić information content (AvgIpc) is 2.58. The molecule has 15 heavy (non-hydrogen) atoms. The fraction of sp³-hybridized carbons (Fsp3) is 0.182. The highest BCUT2D eigenvalue weighted by atomic mass is 35.5. The van der Waals surface area contributed by atoms with Gasteiger partial charge < -0.3 is 0 Å². The predicted octanol–water partition coefficient (Wildman–Crippen LogP) is 3.03. The van der Waals surface area contributed by atoms with E-state index in [1.54, 1.807) is 16.8 Å². The first-order valence-electron chi connectivity index (χ1n) is 4.59. The van der Waals surface area contributed by atoms with Crippen molar-refractivity contribution in [1.29, 1.82) is 0 Å². The summed E-state index contributed by atoms with van der Waals surface area (Å²) in [6.07, 6.45) is 1.88. The first-order valence-corrected chi connectivity index (χ1v) is 4.97. The van der Waals surface area contributed by atoms with Gasteiger partial charge in [-0.2, -0.15) is 5.10 Å². The van der Waals surface area contributed by atoms with Crippen molar-refractivity contribution in [3.8, 4) is 0 Å². The molecule has 0 aliphatic rings. The van der Waals surface area contributed by atoms with Crippen molar-refractivity contribution < 1.29 is 4.39 Å². The highest BCUT2D eigenvalue weighted by Crippen LogP contribution is 2.16. The monoisotopic (exact) mass is 224 g/mol. The maximum absolute atomic E-state index is 12.9. The maximum Gasteiger partial charge on any atom is 0.141 e. The molecule has 0 fully saturated rings. The van der Waals surface area contributed by atoms with Crippen molar-refractivity contribution in [1.82, 2.24) is 9.78 Å². The molecule has 0 saturated heterocycles. The minimum absolute atomic E-state index is 0.149. The molecule has 0 aliphatic carbocycles. The van der Waals surface area contributed by atoms with Crippen molar-refractivity contribution in [2.75, 3.05) is 0 Å². The molecule has 1 heterocycles. The highest BCUT2D eigenvalue weighted by Gasteiger charge is 2.02. The summed E-state index contributed by atoms with van der Waals surface area (Å²) in [5, 5.41) is 4.39. The van der Waals surface area contributed by atoms with E-state index in [0.29, 0.717) is 6.54 Å². The van der Waals surface area contributed by atoms with E-state index in [0.717, 1.165) is 11.3 Å². The largest absolute Gasteiger partial charge is 0.268 e. The first kappa shape index (κ1) is 10.2. The summed E-state index contributed by atoms with van der Waals surface area (Å²) in [5.41, 5.74) is 1.90. The molecule has 0 aliphatic heterocycles. The smallest absolute Gasteiger partial charge is 0.141 e. The van der Waals surface area contributed by atoms with Gasteiger partial charge in [0.15, 0.2) is 0 Å². The van der Waals surface area contributed by atoms with E-state index in [4.69, 9.17) is 11.6 Å². The first-order chi connectivity index (χ1) is 7.15. The third kappa shape index (κ3) is 2.36. The van der Waals surface area contributed by atoms with Crippen LogP contribution in [-0.4, -0.2) is 9.78 Å². The molecule has 0 atom stereocenters. The minimum Gasteiger partial charge on any atom is -0.268 e. The van der Waals surface area contributed by atoms with Crippen LogP contribution in [0.1, 0.15) is 11.3 Å². The molecule has 1 aromatic carbocycles. The lowest BCUT2D eigenvalue weighted by atomic mass is 10.2. The summed E-state index contributed by atoms with van der Waals surface area (Å²) >= 11 is 5.68. The quantitative estimate of drug-likeness (QED) is 0.767. The molecule has 2 aromatic rings. The lowest BCUT2D eigenvalue weighted by Crippen LogP contribution is -2.00. The number of benzene rings is 1. The average molecular weight is 225 g/mol. The molecular weight excluding hydrogens is 215 g/mol. The van der Waals surface area contributed by atoms with Crippen LogP contribution in [-0.2, 0) is 6.54 Å². The molecule has 0 amide bonds. The van der Waals surface area contributed by atoms with Gasteiger partial charge in [-0.15, -0.1) is 0 Å². The zero-order valence-electron chi connectivity index (χ0n) is 8.24. The lowest BCUT2D eigenvalue weighted by Gasteiger charge is -2.02. The van der Waals surface area contributed by atoms with Gasteiger partial charge in [-0.3, -0.25) is 4.68 Å². The summed E-state index contributed by atoms with van der Waals surface area (Å²) in [6.45, 7) is 2.53. The van der Waals surface area contributed by atoms with E-state index in [-0.39, 0.29) is 5.02 Å². The molecule has 0 N–H and O–H groups in total. The summed E-state index contributed by atoms with van der Waals surface area (Å²) < 4.78 is 14.7. The van der Waals surface area contributed by atoms with Crippen molar-refractivity contribution in [2.45, 2.75) is 13.5 Å². The van der Waals surface area contributed by atoms with Gasteiger partial charge in [0.05, 0.1) is 17.3 Å². The summed E-state index contributed by atoms with van der Waals surface area (Å²) in [7, 11) is 0. The van der Waals surface area contributed by atoms with E-state index in [2.05, 4.69) is 5.10 Å². The van der Waals surface area contributed by atoms with Crippen molar-refractivity contribution in [2.24, 2.45) is 0 Å². The molecule has 0 spiro atoms. The van der Waals surface area contributed by atoms with E-state index < -0.39 is 5.82 Å². The Bertz CT molecular complexity index is 479. The number of nitrogens with zero attached hydrogens (tertiary/aromatic N) is 2. The molecule has 2 nitrogen and oxygen atoms in total. The zero-order chi connectivity index (χ0) is 10.8. The van der Waals surface area contributed by atoms with Crippen molar-refractivity contribution in [3.63, 3.8) is 0 Å². The van der Waals surface area contributed by atoms with Gasteiger partial charge in [-0.25, -0.2) is 4.39 Å². The molecule has 1 aromatic heterocycles. The number of hydrogen-bond donors (Lipinski definition) is 0. The number of rotatable bonds is 2. The molecule has 0 saturated carbocycles. The third-order valence-corrected chi connectivity index (χ3v) is 2.39. The number of halogens is 2. The Morgan fingerprint density at radius 1 is 1.40 bits per heavy atom. The molecule has 78 valence electrons. The van der Waals surface area contributed by atoms with Gasteiger partial charge in [0.25, 0.3) is 0 Å². The van der Waals surface area contributed by atoms with E-state index in [9.17, 15) is 4.39 Å². The summed E-state index contributed by atoms with van der Waals surface area (Å²) in [6, 6.07) is 6.62. The second kappa shape index (κ2) is 4.03. The van der Waals surface area contributed by atoms with Gasteiger partial charge in [-0.1, -0.05) is 17.7 Å². The summed E-state index contributed by atoms with van der Waals surface area (Å²) in [4.78, 5) is 0. The van der Waals surface area contributed by atoms with Crippen LogP contribution in [0, 0.1) is 12.7 Å². The maximum atomic E-state index is 12.9. The van der Waals surface area contributed by atoms with Crippen LogP contribution < -0.4 is 0 Å². The highest BCUT2D eigenvalue weighted by molar-refractivity contribution is 6.30. The SMILES string of the molecule is Cc1ccn(Cc2ccc(F)c(Cl)c2)n1. The minimum atomic E-state index is -0.392. The Labute approximate surface area is 92.3 Å². The van der Waals surface area contributed by atoms with Crippen LogP contribution >= 0.6 is 11.6 Å². The number of aryl methyl sites for hydroxylation is 1. The lowest BCUT2D eigenvalue weighted by molar-refractivity contribution is 0.624. The fourth-order valence-corrected chi connectivity index (χ4v) is 1.58. The normalized spacial score (nSPS) is 10.6. The van der Waals surface area contributed by atoms with Crippen LogP contribution in [0.25, 0.3) is 0 Å². The second-order valence-electron chi connectivity index (χ2n) is 3.40. The van der Waals surface area contributed by atoms with Crippen molar-refractivity contribution in [3.05, 3.63) is 52.6 Å². The van der Waals surface area contributed by atoms with Gasteiger partial charge in [0.2, 0.25) is 0 Å². The van der Waals surface area contributed by atoms with Crippen LogP contribution in [0.3, 0.4) is 0 Å². The Hall–Kier alpha value is -1.35. The molecule has 2 rings (SSSR count). The Balaban J connectivity index is 2.21. The topological polar surface area (TPSA) is 17.8 Å². The van der Waals surface area contributed by atoms with Crippen LogP contribution in [0.15, 0.2) is 30.5 Å². The standard InChI is InChI=1S/C11H10ClFN2/c1-8-4-5-15(14-8)7-9-2-3-11(13)10(12)6-9/h2-6H,7H2,1H3. The Kier molecular flexibility index (Phi) is 2.73.